The van der Waals surface area contributed by atoms with Gasteiger partial charge < -0.3 is 9.88 Å². The van der Waals surface area contributed by atoms with Gasteiger partial charge in [-0.05, 0) is 23.6 Å². The number of pyridine rings is 1. The number of benzene rings is 1. The molecule has 0 saturated carbocycles. The fourth-order valence-electron chi connectivity index (χ4n) is 3.01. The lowest BCUT2D eigenvalue weighted by molar-refractivity contribution is -0.132. The lowest BCUT2D eigenvalue weighted by atomic mass is 9.96. The number of nitrogens with one attached hydrogen (secondary N) is 1. The van der Waals surface area contributed by atoms with Crippen LogP contribution in [0.5, 0.6) is 0 Å². The molecule has 1 aromatic carbocycles. The zero-order chi connectivity index (χ0) is 17.3. The Labute approximate surface area is 138 Å². The van der Waals surface area contributed by atoms with Crippen LogP contribution >= 0.6 is 0 Å². The molecule has 0 bridgehead atoms. The van der Waals surface area contributed by atoms with E-state index in [2.05, 4.69) is 4.98 Å². The van der Waals surface area contributed by atoms with Crippen molar-refractivity contribution in [3.8, 4) is 0 Å². The van der Waals surface area contributed by atoms with Crippen LogP contribution in [0.25, 0.3) is 0 Å². The molecule has 0 radical (unpaired) electrons. The second kappa shape index (κ2) is 6.55. The third-order valence-corrected chi connectivity index (χ3v) is 4.48. The molecule has 0 spiro atoms. The van der Waals surface area contributed by atoms with E-state index in [1.165, 1.54) is 12.1 Å². The highest BCUT2D eigenvalue weighted by atomic mass is 19.2. The monoisotopic (exact) mass is 332 g/mol. The maximum absolute atomic E-state index is 13.3. The Balaban J connectivity index is 1.70. The van der Waals surface area contributed by atoms with E-state index in [0.29, 0.717) is 24.1 Å². The highest BCUT2D eigenvalue weighted by Crippen LogP contribution is 2.23. The molecule has 1 unspecified atom stereocenters. The Kier molecular flexibility index (Phi) is 4.46. The van der Waals surface area contributed by atoms with Gasteiger partial charge in [0.25, 0.3) is 0 Å². The quantitative estimate of drug-likeness (QED) is 0.940. The van der Waals surface area contributed by atoms with Crippen LogP contribution in [0, 0.1) is 11.6 Å². The topological polar surface area (TPSA) is 53.2 Å². The molecule has 1 aliphatic heterocycles. The molecule has 0 saturated heterocycles. The van der Waals surface area contributed by atoms with E-state index in [-0.39, 0.29) is 30.2 Å². The first-order chi connectivity index (χ1) is 11.5. The molecule has 6 heteroatoms. The van der Waals surface area contributed by atoms with Crippen LogP contribution in [0.15, 0.2) is 35.3 Å². The third-order valence-electron chi connectivity index (χ3n) is 4.48. The van der Waals surface area contributed by atoms with Crippen molar-refractivity contribution in [2.24, 2.45) is 0 Å². The summed E-state index contributed by atoms with van der Waals surface area (Å²) in [4.78, 5) is 29.1. The van der Waals surface area contributed by atoms with E-state index >= 15 is 0 Å². The van der Waals surface area contributed by atoms with Crippen molar-refractivity contribution >= 4 is 5.91 Å². The van der Waals surface area contributed by atoms with E-state index in [1.54, 1.807) is 18.0 Å². The third kappa shape index (κ3) is 3.22. The van der Waals surface area contributed by atoms with Crippen LogP contribution in [0.4, 0.5) is 8.78 Å². The van der Waals surface area contributed by atoms with E-state index in [4.69, 9.17) is 0 Å². The number of carbonyl (C=O) groups is 1. The van der Waals surface area contributed by atoms with Crippen molar-refractivity contribution in [2.45, 2.75) is 32.2 Å². The van der Waals surface area contributed by atoms with E-state index < -0.39 is 11.6 Å². The van der Waals surface area contributed by atoms with Crippen LogP contribution in [0.2, 0.25) is 0 Å². The highest BCUT2D eigenvalue weighted by Gasteiger charge is 2.24. The average molecular weight is 332 g/mol. The zero-order valence-corrected chi connectivity index (χ0v) is 13.3. The average Bonchev–Trinajstić information content (AvgIpc) is 2.57. The molecule has 1 aliphatic rings. The highest BCUT2D eigenvalue weighted by molar-refractivity contribution is 5.77. The van der Waals surface area contributed by atoms with Crippen molar-refractivity contribution in [3.63, 3.8) is 0 Å². The Morgan fingerprint density at radius 2 is 2.08 bits per heavy atom. The molecule has 24 heavy (non-hydrogen) atoms. The molecule has 4 nitrogen and oxygen atoms in total. The summed E-state index contributed by atoms with van der Waals surface area (Å²) in [6.07, 6.45) is 2.41. The van der Waals surface area contributed by atoms with Crippen molar-refractivity contribution < 1.29 is 13.6 Å². The zero-order valence-electron chi connectivity index (χ0n) is 13.3. The number of nitrogens with zero attached hydrogens (tertiary/aromatic N) is 1. The first-order valence-electron chi connectivity index (χ1n) is 7.88. The molecule has 1 amide bonds. The van der Waals surface area contributed by atoms with Crippen molar-refractivity contribution in [1.82, 2.24) is 9.88 Å². The fourth-order valence-corrected chi connectivity index (χ4v) is 3.01. The maximum Gasteiger partial charge on any atom is 0.223 e. The van der Waals surface area contributed by atoms with Gasteiger partial charge >= 0.3 is 0 Å². The molecular formula is C18H18F2N2O2. The minimum absolute atomic E-state index is 0.0742. The molecule has 2 heterocycles. The summed E-state index contributed by atoms with van der Waals surface area (Å²) in [5.74, 6) is -2.14. The van der Waals surface area contributed by atoms with Crippen molar-refractivity contribution in [3.05, 3.63) is 69.1 Å². The molecule has 126 valence electrons. The minimum atomic E-state index is -0.912. The largest absolute Gasteiger partial charge is 0.364 e. The standard InChI is InChI=1S/C18H18F2N2O2/c1-11(12-2-3-14(19)15(20)9-12)8-18(24)22-7-5-16-13(10-22)17(23)4-6-21-16/h2-4,6,9,11H,5,7-8,10H2,1H3,(H,21,23). The molecule has 2 aromatic rings. The number of aromatic nitrogens is 1. The van der Waals surface area contributed by atoms with Gasteiger partial charge in [-0.25, -0.2) is 8.78 Å². The second-order valence-corrected chi connectivity index (χ2v) is 6.14. The van der Waals surface area contributed by atoms with Gasteiger partial charge in [-0.2, -0.15) is 0 Å². The number of carbonyl (C=O) groups excluding carboxylic acids is 1. The number of halogens is 2. The van der Waals surface area contributed by atoms with Crippen molar-refractivity contribution in [2.75, 3.05) is 6.54 Å². The van der Waals surface area contributed by atoms with Crippen LogP contribution < -0.4 is 5.43 Å². The summed E-state index contributed by atoms with van der Waals surface area (Å²) in [6, 6.07) is 5.15. The normalized spacial score (nSPS) is 15.0. The smallest absolute Gasteiger partial charge is 0.223 e. The summed E-state index contributed by atoms with van der Waals surface area (Å²) in [7, 11) is 0. The molecule has 3 rings (SSSR count). The van der Waals surface area contributed by atoms with Crippen LogP contribution in [0.1, 0.15) is 36.1 Å². The van der Waals surface area contributed by atoms with E-state index in [9.17, 15) is 18.4 Å². The number of fused-ring (bicyclic) bond motifs is 1. The SMILES string of the molecule is CC(CC(=O)N1CCc2[nH]ccc(=O)c2C1)c1ccc(F)c(F)c1. The summed E-state index contributed by atoms with van der Waals surface area (Å²) < 4.78 is 26.3. The molecule has 0 aliphatic carbocycles. The predicted octanol–water partition coefficient (Wildman–Crippen LogP) is 2.73. The molecular weight excluding hydrogens is 314 g/mol. The number of hydrogen-bond acceptors (Lipinski definition) is 2. The summed E-state index contributed by atoms with van der Waals surface area (Å²) in [5, 5.41) is 0. The van der Waals surface area contributed by atoms with Gasteiger partial charge in [0.15, 0.2) is 17.1 Å². The van der Waals surface area contributed by atoms with Gasteiger partial charge in [0, 0.05) is 42.9 Å². The Morgan fingerprint density at radius 1 is 1.29 bits per heavy atom. The van der Waals surface area contributed by atoms with E-state index in [0.717, 1.165) is 17.8 Å². The van der Waals surface area contributed by atoms with Gasteiger partial charge in [-0.3, -0.25) is 9.59 Å². The first-order valence-corrected chi connectivity index (χ1v) is 7.88. The summed E-state index contributed by atoms with van der Waals surface area (Å²) >= 11 is 0. The lowest BCUT2D eigenvalue weighted by Gasteiger charge is -2.29. The van der Waals surface area contributed by atoms with Gasteiger partial charge in [0.1, 0.15) is 0 Å². The Morgan fingerprint density at radius 3 is 2.83 bits per heavy atom. The number of aromatic amines is 1. The lowest BCUT2D eigenvalue weighted by Crippen LogP contribution is -2.39. The number of rotatable bonds is 3. The second-order valence-electron chi connectivity index (χ2n) is 6.14. The molecule has 1 N–H and O–H groups in total. The Hall–Kier alpha value is -2.50. The van der Waals surface area contributed by atoms with Crippen LogP contribution in [-0.4, -0.2) is 22.3 Å². The van der Waals surface area contributed by atoms with Crippen molar-refractivity contribution in [1.29, 1.82) is 0 Å². The molecule has 1 atom stereocenters. The number of amides is 1. The number of hydrogen-bond donors (Lipinski definition) is 1. The first kappa shape index (κ1) is 16.4. The minimum Gasteiger partial charge on any atom is -0.364 e. The van der Waals surface area contributed by atoms with Gasteiger partial charge in [-0.1, -0.05) is 13.0 Å². The van der Waals surface area contributed by atoms with Gasteiger partial charge in [0.05, 0.1) is 6.54 Å². The number of H-pyrrole nitrogens is 1. The van der Waals surface area contributed by atoms with Gasteiger partial charge in [0.2, 0.25) is 5.91 Å². The fraction of sp³-hybridized carbons (Fsp3) is 0.333. The molecule has 0 fully saturated rings. The van der Waals surface area contributed by atoms with Crippen LogP contribution in [-0.2, 0) is 17.8 Å². The Bertz CT molecular complexity index is 832. The molecule has 1 aromatic heterocycles. The summed E-state index contributed by atoms with van der Waals surface area (Å²) in [6.45, 7) is 2.63. The summed E-state index contributed by atoms with van der Waals surface area (Å²) in [5.41, 5.74) is 2.00. The van der Waals surface area contributed by atoms with E-state index in [1.807, 2.05) is 0 Å². The predicted molar refractivity (Wildman–Crippen MR) is 85.6 cm³/mol. The van der Waals surface area contributed by atoms with Gasteiger partial charge in [-0.15, -0.1) is 0 Å². The van der Waals surface area contributed by atoms with Crippen LogP contribution in [0.3, 0.4) is 0 Å². The maximum atomic E-state index is 13.3.